The summed E-state index contributed by atoms with van der Waals surface area (Å²) in [6, 6.07) is 13.8. The summed E-state index contributed by atoms with van der Waals surface area (Å²) in [6.45, 7) is 1.85. The second-order valence-corrected chi connectivity index (χ2v) is 5.53. The number of benzene rings is 1. The van der Waals surface area contributed by atoms with Crippen LogP contribution in [0.1, 0.15) is 18.4 Å². The van der Waals surface area contributed by atoms with Gasteiger partial charge in [-0.25, -0.2) is 0 Å². The lowest BCUT2D eigenvalue weighted by Crippen LogP contribution is -2.39. The van der Waals surface area contributed by atoms with Crippen LogP contribution in [0.15, 0.2) is 54.9 Å². The van der Waals surface area contributed by atoms with Crippen LogP contribution in [0.2, 0.25) is 0 Å². The molecule has 114 valence electrons. The van der Waals surface area contributed by atoms with Crippen molar-refractivity contribution in [2.75, 3.05) is 18.1 Å². The molecule has 4 heteroatoms. The number of rotatable bonds is 4. The Kier molecular flexibility index (Phi) is 4.81. The van der Waals surface area contributed by atoms with Gasteiger partial charge in [-0.1, -0.05) is 30.3 Å². The predicted octanol–water partition coefficient (Wildman–Crippen LogP) is 3.04. The number of anilines is 1. The van der Waals surface area contributed by atoms with E-state index in [4.69, 9.17) is 4.74 Å². The van der Waals surface area contributed by atoms with E-state index >= 15 is 0 Å². The molecule has 3 rings (SSSR count). The average molecular weight is 296 g/mol. The van der Waals surface area contributed by atoms with Gasteiger partial charge in [-0.05, 0) is 30.5 Å². The summed E-state index contributed by atoms with van der Waals surface area (Å²) in [6.07, 6.45) is 5.29. The van der Waals surface area contributed by atoms with Crippen molar-refractivity contribution in [2.45, 2.75) is 19.4 Å². The first-order chi connectivity index (χ1) is 10.8. The Morgan fingerprint density at radius 2 is 1.95 bits per heavy atom. The van der Waals surface area contributed by atoms with E-state index in [2.05, 4.69) is 4.98 Å². The summed E-state index contributed by atoms with van der Waals surface area (Å²) in [7, 11) is 0. The average Bonchev–Trinajstić information content (AvgIpc) is 2.61. The van der Waals surface area contributed by atoms with E-state index in [1.807, 2.05) is 47.4 Å². The van der Waals surface area contributed by atoms with Gasteiger partial charge in [-0.15, -0.1) is 0 Å². The van der Waals surface area contributed by atoms with Gasteiger partial charge in [0.05, 0.1) is 19.1 Å². The minimum absolute atomic E-state index is 0.0503. The first-order valence-electron chi connectivity index (χ1n) is 7.67. The number of aromatic nitrogens is 1. The highest BCUT2D eigenvalue weighted by Gasteiger charge is 2.27. The maximum absolute atomic E-state index is 12.9. The molecular formula is C18H20N2O2. The van der Waals surface area contributed by atoms with Gasteiger partial charge in [0.15, 0.2) is 0 Å². The van der Waals surface area contributed by atoms with E-state index in [1.165, 1.54) is 0 Å². The van der Waals surface area contributed by atoms with E-state index in [-0.39, 0.29) is 11.8 Å². The van der Waals surface area contributed by atoms with Crippen LogP contribution in [0.25, 0.3) is 0 Å². The van der Waals surface area contributed by atoms with Crippen LogP contribution < -0.4 is 4.90 Å². The molecule has 0 radical (unpaired) electrons. The third kappa shape index (κ3) is 3.52. The predicted molar refractivity (Wildman–Crippen MR) is 85.4 cm³/mol. The molecule has 1 atom stereocenters. The van der Waals surface area contributed by atoms with Crippen molar-refractivity contribution < 1.29 is 9.53 Å². The molecule has 2 aromatic rings. The van der Waals surface area contributed by atoms with Gasteiger partial charge in [-0.3, -0.25) is 9.78 Å². The molecule has 0 aliphatic carbocycles. The second-order valence-electron chi connectivity index (χ2n) is 5.53. The topological polar surface area (TPSA) is 42.4 Å². The number of hydrogen-bond donors (Lipinski definition) is 0. The molecule has 0 bridgehead atoms. The SMILES string of the molecule is O=C([C@@H]1CCCOC1)N(Cc1ccccc1)c1ccncc1. The van der Waals surface area contributed by atoms with Crippen molar-refractivity contribution in [1.29, 1.82) is 0 Å². The third-order valence-corrected chi connectivity index (χ3v) is 3.93. The van der Waals surface area contributed by atoms with Gasteiger partial charge in [0, 0.05) is 24.7 Å². The molecule has 0 spiro atoms. The Hall–Kier alpha value is -2.20. The summed E-state index contributed by atoms with van der Waals surface area (Å²) >= 11 is 0. The van der Waals surface area contributed by atoms with Crippen molar-refractivity contribution in [3.63, 3.8) is 0 Å². The number of ether oxygens (including phenoxy) is 1. The lowest BCUT2D eigenvalue weighted by Gasteiger charge is -2.29. The van der Waals surface area contributed by atoms with Crippen LogP contribution in [-0.4, -0.2) is 24.1 Å². The second kappa shape index (κ2) is 7.18. The van der Waals surface area contributed by atoms with E-state index in [0.717, 1.165) is 30.7 Å². The number of carbonyl (C=O) groups excluding carboxylic acids is 1. The highest BCUT2D eigenvalue weighted by molar-refractivity contribution is 5.95. The first kappa shape index (κ1) is 14.7. The maximum Gasteiger partial charge on any atom is 0.232 e. The fraction of sp³-hybridized carbons (Fsp3) is 0.333. The first-order valence-corrected chi connectivity index (χ1v) is 7.67. The zero-order valence-corrected chi connectivity index (χ0v) is 12.5. The Balaban J connectivity index is 1.84. The molecular weight excluding hydrogens is 276 g/mol. The third-order valence-electron chi connectivity index (χ3n) is 3.93. The molecule has 1 aromatic heterocycles. The van der Waals surface area contributed by atoms with Crippen LogP contribution >= 0.6 is 0 Å². The molecule has 1 aliphatic rings. The van der Waals surface area contributed by atoms with E-state index in [1.54, 1.807) is 12.4 Å². The number of carbonyl (C=O) groups is 1. The highest BCUT2D eigenvalue weighted by atomic mass is 16.5. The van der Waals surface area contributed by atoms with Gasteiger partial charge in [0.1, 0.15) is 0 Å². The normalized spacial score (nSPS) is 17.9. The quantitative estimate of drug-likeness (QED) is 0.871. The van der Waals surface area contributed by atoms with Crippen molar-refractivity contribution in [2.24, 2.45) is 5.92 Å². The zero-order chi connectivity index (χ0) is 15.2. The van der Waals surface area contributed by atoms with Crippen LogP contribution in [-0.2, 0) is 16.1 Å². The lowest BCUT2D eigenvalue weighted by molar-refractivity contribution is -0.126. The molecule has 1 aliphatic heterocycles. The Bertz CT molecular complexity index is 595. The number of nitrogens with zero attached hydrogens (tertiary/aromatic N) is 2. The zero-order valence-electron chi connectivity index (χ0n) is 12.5. The molecule has 4 nitrogen and oxygen atoms in total. The molecule has 0 saturated carbocycles. The van der Waals surface area contributed by atoms with Gasteiger partial charge >= 0.3 is 0 Å². The summed E-state index contributed by atoms with van der Waals surface area (Å²) in [5.74, 6) is 0.0837. The van der Waals surface area contributed by atoms with Gasteiger partial charge in [-0.2, -0.15) is 0 Å². The fourth-order valence-corrected chi connectivity index (χ4v) is 2.74. The molecule has 1 amide bonds. The summed E-state index contributed by atoms with van der Waals surface area (Å²) in [4.78, 5) is 18.8. The molecule has 0 unspecified atom stereocenters. The fourth-order valence-electron chi connectivity index (χ4n) is 2.74. The van der Waals surface area contributed by atoms with Crippen LogP contribution in [0.3, 0.4) is 0 Å². The maximum atomic E-state index is 12.9. The van der Waals surface area contributed by atoms with E-state index in [9.17, 15) is 4.79 Å². The summed E-state index contributed by atoms with van der Waals surface area (Å²) < 4.78 is 5.48. The smallest absolute Gasteiger partial charge is 0.232 e. The molecule has 1 aromatic carbocycles. The standard InChI is InChI=1S/C18H20N2O2/c21-18(16-7-4-12-22-14-16)20(17-8-10-19-11-9-17)13-15-5-2-1-3-6-15/h1-3,5-6,8-11,16H,4,7,12-14H2/t16-/m1/s1. The van der Waals surface area contributed by atoms with Crippen molar-refractivity contribution >= 4 is 11.6 Å². The Morgan fingerprint density at radius 1 is 1.18 bits per heavy atom. The number of hydrogen-bond acceptors (Lipinski definition) is 3. The molecule has 1 fully saturated rings. The number of amides is 1. The minimum Gasteiger partial charge on any atom is -0.381 e. The lowest BCUT2D eigenvalue weighted by atomic mass is 10.00. The minimum atomic E-state index is -0.0503. The van der Waals surface area contributed by atoms with Gasteiger partial charge < -0.3 is 9.64 Å². The van der Waals surface area contributed by atoms with Crippen LogP contribution in [0, 0.1) is 5.92 Å². The molecule has 22 heavy (non-hydrogen) atoms. The molecule has 1 saturated heterocycles. The largest absolute Gasteiger partial charge is 0.381 e. The molecule has 2 heterocycles. The van der Waals surface area contributed by atoms with E-state index < -0.39 is 0 Å². The van der Waals surface area contributed by atoms with Gasteiger partial charge in [0.25, 0.3) is 0 Å². The molecule has 0 N–H and O–H groups in total. The number of pyridine rings is 1. The van der Waals surface area contributed by atoms with Crippen molar-refractivity contribution in [1.82, 2.24) is 4.98 Å². The van der Waals surface area contributed by atoms with E-state index in [0.29, 0.717) is 13.2 Å². The Labute approximate surface area is 130 Å². The van der Waals surface area contributed by atoms with Gasteiger partial charge in [0.2, 0.25) is 5.91 Å². The van der Waals surface area contributed by atoms with Crippen LogP contribution in [0.5, 0.6) is 0 Å². The monoisotopic (exact) mass is 296 g/mol. The van der Waals surface area contributed by atoms with Crippen molar-refractivity contribution in [3.05, 3.63) is 60.4 Å². The summed E-state index contributed by atoms with van der Waals surface area (Å²) in [5, 5.41) is 0. The summed E-state index contributed by atoms with van der Waals surface area (Å²) in [5.41, 5.74) is 2.00. The highest BCUT2D eigenvalue weighted by Crippen LogP contribution is 2.23. The van der Waals surface area contributed by atoms with Crippen molar-refractivity contribution in [3.8, 4) is 0 Å². The van der Waals surface area contributed by atoms with Crippen LogP contribution in [0.4, 0.5) is 5.69 Å². The Morgan fingerprint density at radius 3 is 2.64 bits per heavy atom.